The van der Waals surface area contributed by atoms with Crippen LogP contribution in [0.1, 0.15) is 44.2 Å². The van der Waals surface area contributed by atoms with E-state index < -0.39 is 0 Å². The number of carbonyl (C=O) groups is 1. The fourth-order valence-corrected chi connectivity index (χ4v) is 4.51. The second kappa shape index (κ2) is 6.61. The zero-order valence-corrected chi connectivity index (χ0v) is 14.1. The van der Waals surface area contributed by atoms with Gasteiger partial charge in [-0.1, -0.05) is 12.8 Å². The van der Waals surface area contributed by atoms with E-state index in [4.69, 9.17) is 4.74 Å². The molecule has 1 saturated heterocycles. The Balaban J connectivity index is 1.47. The normalized spacial score (nSPS) is 22.2. The molecule has 3 heterocycles. The highest BCUT2D eigenvalue weighted by molar-refractivity contribution is 7.15. The van der Waals surface area contributed by atoms with Gasteiger partial charge in [-0.2, -0.15) is 0 Å². The Morgan fingerprint density at radius 2 is 2.22 bits per heavy atom. The van der Waals surface area contributed by atoms with Crippen molar-refractivity contribution >= 4 is 22.2 Å². The van der Waals surface area contributed by atoms with Crippen LogP contribution in [0.3, 0.4) is 0 Å². The molecule has 0 bridgehead atoms. The monoisotopic (exact) mass is 333 g/mol. The van der Waals surface area contributed by atoms with Crippen molar-refractivity contribution in [1.29, 1.82) is 0 Å². The van der Waals surface area contributed by atoms with E-state index in [0.29, 0.717) is 12.5 Å². The number of hydrogen-bond donors (Lipinski definition) is 0. The van der Waals surface area contributed by atoms with E-state index >= 15 is 0 Å². The van der Waals surface area contributed by atoms with Crippen LogP contribution in [-0.2, 0) is 16.0 Å². The highest BCUT2D eigenvalue weighted by atomic mass is 32.1. The molecule has 0 aromatic carbocycles. The van der Waals surface area contributed by atoms with Crippen LogP contribution >= 0.6 is 11.3 Å². The van der Waals surface area contributed by atoms with Gasteiger partial charge in [0.2, 0.25) is 5.91 Å². The maximum Gasteiger partial charge on any atom is 0.228 e. The van der Waals surface area contributed by atoms with Crippen LogP contribution in [0.25, 0.3) is 4.96 Å². The zero-order valence-electron chi connectivity index (χ0n) is 13.3. The molecule has 124 valence electrons. The molecule has 1 saturated carbocycles. The lowest BCUT2D eigenvalue weighted by Gasteiger charge is -2.31. The molecule has 2 fully saturated rings. The lowest BCUT2D eigenvalue weighted by atomic mass is 10.1. The first-order chi connectivity index (χ1) is 11.3. The third-order valence-electron chi connectivity index (χ3n) is 4.99. The van der Waals surface area contributed by atoms with Crippen molar-refractivity contribution in [2.24, 2.45) is 0 Å². The molecule has 1 aliphatic heterocycles. The number of nitrogens with zero attached hydrogens (tertiary/aromatic N) is 3. The lowest BCUT2D eigenvalue weighted by Crippen LogP contribution is -2.44. The van der Waals surface area contributed by atoms with Crippen molar-refractivity contribution in [3.8, 4) is 0 Å². The summed E-state index contributed by atoms with van der Waals surface area (Å²) in [5, 5.41) is 2.01. The molecule has 0 radical (unpaired) electrons. The van der Waals surface area contributed by atoms with E-state index in [1.807, 2.05) is 22.2 Å². The molecule has 23 heavy (non-hydrogen) atoms. The van der Waals surface area contributed by atoms with Gasteiger partial charge < -0.3 is 9.64 Å². The van der Waals surface area contributed by atoms with Gasteiger partial charge in [-0.05, 0) is 25.7 Å². The van der Waals surface area contributed by atoms with Gasteiger partial charge in [-0.25, -0.2) is 4.98 Å². The Kier molecular flexibility index (Phi) is 4.35. The molecule has 2 aromatic rings. The van der Waals surface area contributed by atoms with Crippen LogP contribution in [0.2, 0.25) is 0 Å². The van der Waals surface area contributed by atoms with Gasteiger partial charge >= 0.3 is 0 Å². The molecule has 1 aliphatic carbocycles. The Bertz CT molecular complexity index is 640. The highest BCUT2D eigenvalue weighted by Gasteiger charge is 2.30. The maximum absolute atomic E-state index is 12.9. The van der Waals surface area contributed by atoms with Crippen LogP contribution < -0.4 is 0 Å². The molecule has 1 amide bonds. The molecular formula is C17H23N3O2S. The number of ether oxygens (including phenoxy) is 1. The van der Waals surface area contributed by atoms with Gasteiger partial charge in [0.05, 0.1) is 18.2 Å². The largest absolute Gasteiger partial charge is 0.376 e. The third-order valence-corrected chi connectivity index (χ3v) is 5.76. The van der Waals surface area contributed by atoms with Crippen molar-refractivity contribution in [3.05, 3.63) is 23.5 Å². The number of fused-ring (bicyclic) bond motifs is 1. The lowest BCUT2D eigenvalue weighted by molar-refractivity contribution is -0.134. The van der Waals surface area contributed by atoms with E-state index in [-0.39, 0.29) is 12.0 Å². The predicted octanol–water partition coefficient (Wildman–Crippen LogP) is 2.89. The Morgan fingerprint density at radius 1 is 1.35 bits per heavy atom. The van der Waals surface area contributed by atoms with Crippen molar-refractivity contribution < 1.29 is 9.53 Å². The number of hydrogen-bond acceptors (Lipinski definition) is 4. The summed E-state index contributed by atoms with van der Waals surface area (Å²) in [6.45, 7) is 1.60. The van der Waals surface area contributed by atoms with Crippen LogP contribution in [-0.4, -0.2) is 45.5 Å². The fourth-order valence-electron chi connectivity index (χ4n) is 3.80. The van der Waals surface area contributed by atoms with Crippen molar-refractivity contribution in [2.45, 2.75) is 57.1 Å². The minimum Gasteiger partial charge on any atom is -0.376 e. The average Bonchev–Trinajstić information content (AvgIpc) is 3.28. The average molecular weight is 333 g/mol. The fraction of sp³-hybridized carbons (Fsp3) is 0.647. The van der Waals surface area contributed by atoms with Crippen molar-refractivity contribution in [1.82, 2.24) is 14.3 Å². The van der Waals surface area contributed by atoms with Crippen molar-refractivity contribution in [3.63, 3.8) is 0 Å². The van der Waals surface area contributed by atoms with Gasteiger partial charge in [0.15, 0.2) is 4.96 Å². The van der Waals surface area contributed by atoms with Gasteiger partial charge in [0.25, 0.3) is 0 Å². The van der Waals surface area contributed by atoms with Crippen LogP contribution in [0, 0.1) is 0 Å². The molecule has 2 aliphatic rings. The SMILES string of the molecule is O=C(Cc1cn2ccsc2n1)N(CC1CCCO1)C1CCCC1. The summed E-state index contributed by atoms with van der Waals surface area (Å²) in [6.07, 6.45) is 11.5. The van der Waals surface area contributed by atoms with Gasteiger partial charge in [-0.15, -0.1) is 11.3 Å². The summed E-state index contributed by atoms with van der Waals surface area (Å²) in [7, 11) is 0. The number of rotatable bonds is 5. The molecule has 6 heteroatoms. The summed E-state index contributed by atoms with van der Waals surface area (Å²) in [4.78, 5) is 20.5. The van der Waals surface area contributed by atoms with Crippen LogP contribution in [0.5, 0.6) is 0 Å². The van der Waals surface area contributed by atoms with Crippen LogP contribution in [0.15, 0.2) is 17.8 Å². The van der Waals surface area contributed by atoms with Gasteiger partial charge in [-0.3, -0.25) is 9.20 Å². The predicted molar refractivity (Wildman–Crippen MR) is 89.7 cm³/mol. The summed E-state index contributed by atoms with van der Waals surface area (Å²) < 4.78 is 7.76. The van der Waals surface area contributed by atoms with Gasteiger partial charge in [0, 0.05) is 37.0 Å². The van der Waals surface area contributed by atoms with Crippen LogP contribution in [0.4, 0.5) is 0 Å². The van der Waals surface area contributed by atoms with E-state index in [0.717, 1.165) is 49.5 Å². The quantitative estimate of drug-likeness (QED) is 0.845. The maximum atomic E-state index is 12.9. The topological polar surface area (TPSA) is 46.8 Å². The number of imidazole rings is 1. The molecule has 5 nitrogen and oxygen atoms in total. The summed E-state index contributed by atoms with van der Waals surface area (Å²) in [6, 6.07) is 0.399. The van der Waals surface area contributed by atoms with Gasteiger partial charge in [0.1, 0.15) is 0 Å². The second-order valence-corrected chi connectivity index (χ2v) is 7.49. The molecular weight excluding hydrogens is 310 g/mol. The standard InChI is InChI=1S/C17H23N3O2S/c21-16(10-13-11-19-7-9-23-17(19)18-13)20(14-4-1-2-5-14)12-15-6-3-8-22-15/h7,9,11,14-15H,1-6,8,10,12H2. The smallest absolute Gasteiger partial charge is 0.228 e. The molecule has 4 rings (SSSR count). The van der Waals surface area contributed by atoms with E-state index in [9.17, 15) is 4.79 Å². The molecule has 0 N–H and O–H groups in total. The number of carbonyl (C=O) groups excluding carboxylic acids is 1. The third kappa shape index (κ3) is 3.28. The molecule has 0 spiro atoms. The van der Waals surface area contributed by atoms with E-state index in [1.54, 1.807) is 11.3 Å². The first-order valence-corrected chi connectivity index (χ1v) is 9.50. The summed E-state index contributed by atoms with van der Waals surface area (Å²) in [5.74, 6) is 0.207. The Hall–Kier alpha value is -1.40. The first-order valence-electron chi connectivity index (χ1n) is 8.62. The Labute approximate surface area is 140 Å². The molecule has 1 unspecified atom stereocenters. The number of aromatic nitrogens is 2. The zero-order chi connectivity index (χ0) is 15.6. The Morgan fingerprint density at radius 3 is 2.96 bits per heavy atom. The first kappa shape index (κ1) is 15.1. The molecule has 2 aromatic heterocycles. The molecule has 1 atom stereocenters. The van der Waals surface area contributed by atoms with E-state index in [2.05, 4.69) is 9.88 Å². The minimum atomic E-state index is 0.207. The number of thiazole rings is 1. The summed E-state index contributed by atoms with van der Waals surface area (Å²) >= 11 is 1.60. The summed E-state index contributed by atoms with van der Waals surface area (Å²) in [5.41, 5.74) is 0.872. The van der Waals surface area contributed by atoms with Crippen molar-refractivity contribution in [2.75, 3.05) is 13.2 Å². The second-order valence-electron chi connectivity index (χ2n) is 6.62. The van der Waals surface area contributed by atoms with E-state index in [1.165, 1.54) is 12.8 Å². The minimum absolute atomic E-state index is 0.207. The number of amides is 1. The highest BCUT2D eigenvalue weighted by Crippen LogP contribution is 2.26.